The van der Waals surface area contributed by atoms with E-state index in [4.69, 9.17) is 19.0 Å². The first kappa shape index (κ1) is 42.6. The SMILES string of the molecule is CC(C)CCCC(C)[C@H]1CCC2C3CC=C4C[C@@H](OC(=O)NCCCCCCOP(OCCC#N)N(C(C)C)C(C)C)CC[C@]4(C)C3CC[C@@]21C. The van der Waals surface area contributed by atoms with Crippen LogP contribution in [0.25, 0.3) is 0 Å². The number of allylic oxidation sites excluding steroid dienone is 1. The molecule has 292 valence electrons. The molecule has 1 N–H and O–H groups in total. The minimum atomic E-state index is -1.18. The molecule has 7 nitrogen and oxygen atoms in total. The maximum Gasteiger partial charge on any atom is 0.407 e. The van der Waals surface area contributed by atoms with E-state index in [1.54, 1.807) is 5.57 Å². The van der Waals surface area contributed by atoms with Gasteiger partial charge in [0.1, 0.15) is 6.10 Å². The molecule has 0 aromatic carbocycles. The van der Waals surface area contributed by atoms with Crippen LogP contribution in [0.1, 0.15) is 165 Å². The van der Waals surface area contributed by atoms with Gasteiger partial charge in [0.25, 0.3) is 8.53 Å². The number of ether oxygens (including phenoxy) is 1. The Hall–Kier alpha value is -1.19. The number of rotatable bonds is 20. The largest absolute Gasteiger partial charge is 0.446 e. The van der Waals surface area contributed by atoms with Gasteiger partial charge < -0.3 is 19.1 Å². The summed E-state index contributed by atoms with van der Waals surface area (Å²) < 4.78 is 20.5. The second-order valence-corrected chi connectivity index (χ2v) is 19.7. The van der Waals surface area contributed by atoms with Crippen LogP contribution in [0.4, 0.5) is 4.79 Å². The molecule has 0 aromatic rings. The Balaban J connectivity index is 1.16. The Morgan fingerprint density at radius 2 is 1.65 bits per heavy atom. The van der Waals surface area contributed by atoms with Gasteiger partial charge in [-0.3, -0.25) is 0 Å². The fourth-order valence-corrected chi connectivity index (χ4v) is 12.8. The summed E-state index contributed by atoms with van der Waals surface area (Å²) in [5.74, 6) is 5.07. The van der Waals surface area contributed by atoms with Gasteiger partial charge in [0.2, 0.25) is 0 Å². The van der Waals surface area contributed by atoms with Crippen LogP contribution in [0.2, 0.25) is 0 Å². The summed E-state index contributed by atoms with van der Waals surface area (Å²) in [5, 5.41) is 11.9. The van der Waals surface area contributed by atoms with Crippen molar-refractivity contribution in [1.29, 1.82) is 5.26 Å². The fraction of sp³-hybridized carbons (Fsp3) is 0.907. The van der Waals surface area contributed by atoms with E-state index in [0.717, 1.165) is 80.5 Å². The molecule has 0 spiro atoms. The molecule has 8 heteroatoms. The molecule has 5 unspecified atom stereocenters. The average Bonchev–Trinajstić information content (AvgIpc) is 3.43. The monoisotopic (exact) mass is 730 g/mol. The molecular weight excluding hydrogens is 653 g/mol. The summed E-state index contributed by atoms with van der Waals surface area (Å²) in [6.45, 7) is 22.9. The van der Waals surface area contributed by atoms with Crippen molar-refractivity contribution in [1.82, 2.24) is 9.99 Å². The van der Waals surface area contributed by atoms with Gasteiger partial charge in [-0.25, -0.2) is 9.46 Å². The fourth-order valence-electron chi connectivity index (χ4n) is 11.2. The van der Waals surface area contributed by atoms with Crippen molar-refractivity contribution >= 4 is 14.6 Å². The van der Waals surface area contributed by atoms with Gasteiger partial charge >= 0.3 is 6.09 Å². The number of nitriles is 1. The van der Waals surface area contributed by atoms with Crippen LogP contribution < -0.4 is 5.32 Å². The first-order valence-corrected chi connectivity index (χ1v) is 22.3. The van der Waals surface area contributed by atoms with E-state index in [1.807, 2.05) is 0 Å². The van der Waals surface area contributed by atoms with Crippen molar-refractivity contribution in [3.8, 4) is 6.07 Å². The number of amides is 1. The summed E-state index contributed by atoms with van der Waals surface area (Å²) in [5.41, 5.74) is 2.38. The Morgan fingerprint density at radius 1 is 0.922 bits per heavy atom. The molecule has 9 atom stereocenters. The predicted molar refractivity (Wildman–Crippen MR) is 211 cm³/mol. The number of unbranched alkanes of at least 4 members (excludes halogenated alkanes) is 3. The molecule has 0 aliphatic heterocycles. The second kappa shape index (κ2) is 19.9. The summed E-state index contributed by atoms with van der Waals surface area (Å²) in [7, 11) is -1.18. The standard InChI is InChI=1S/C43H76N3O4P/c1-31(2)16-14-17-34(7)38-20-21-39-37-19-18-35-30-36(22-24-42(35,8)40(37)23-25-43(38,39)9)50-41(47)45-27-12-10-11-13-28-48-51(49-29-15-26-44)46(32(3)4)33(5)6/h18,31-34,36-40H,10-17,19-25,27-30H2,1-9H3,(H,45,47)/t34?,36-,37?,38+,39?,40?,42-,43+,51?/m0/s1. The number of fused-ring (bicyclic) bond motifs is 5. The van der Waals surface area contributed by atoms with Gasteiger partial charge in [0.15, 0.2) is 0 Å². The highest BCUT2D eigenvalue weighted by atomic mass is 31.2. The third-order valence-electron chi connectivity index (χ3n) is 13.7. The topological polar surface area (TPSA) is 83.8 Å². The normalized spacial score (nSPS) is 31.5. The molecule has 3 saturated carbocycles. The van der Waals surface area contributed by atoms with Crippen LogP contribution >= 0.6 is 8.53 Å². The van der Waals surface area contributed by atoms with E-state index in [9.17, 15) is 4.79 Å². The Labute approximate surface area is 314 Å². The minimum absolute atomic E-state index is 0.00376. The number of nitrogens with one attached hydrogen (secondary N) is 1. The molecule has 0 radical (unpaired) electrons. The zero-order chi connectivity index (χ0) is 37.2. The molecule has 4 aliphatic carbocycles. The molecule has 3 fully saturated rings. The van der Waals surface area contributed by atoms with E-state index in [-0.39, 0.29) is 17.6 Å². The molecule has 0 aromatic heterocycles. The van der Waals surface area contributed by atoms with Gasteiger partial charge in [-0.1, -0.05) is 78.4 Å². The smallest absolute Gasteiger partial charge is 0.407 e. The van der Waals surface area contributed by atoms with Gasteiger partial charge in [0, 0.05) is 25.0 Å². The van der Waals surface area contributed by atoms with Crippen molar-refractivity contribution in [2.45, 2.75) is 183 Å². The number of alkyl carbamates (subject to hydrolysis) is 1. The maximum absolute atomic E-state index is 12.8. The molecule has 0 saturated heterocycles. The number of nitrogens with zero attached hydrogens (tertiary/aromatic N) is 2. The van der Waals surface area contributed by atoms with Crippen molar-refractivity contribution in [2.75, 3.05) is 19.8 Å². The zero-order valence-corrected chi connectivity index (χ0v) is 35.1. The van der Waals surface area contributed by atoms with Gasteiger partial charge in [-0.2, -0.15) is 5.26 Å². The molecule has 51 heavy (non-hydrogen) atoms. The molecule has 4 rings (SSSR count). The Kier molecular flexibility index (Phi) is 16.6. The molecule has 4 aliphatic rings. The molecule has 0 bridgehead atoms. The average molecular weight is 730 g/mol. The maximum atomic E-state index is 12.8. The molecule has 0 heterocycles. The van der Waals surface area contributed by atoms with E-state index < -0.39 is 8.53 Å². The Morgan fingerprint density at radius 3 is 2.35 bits per heavy atom. The lowest BCUT2D eigenvalue weighted by Gasteiger charge is -2.58. The van der Waals surface area contributed by atoms with Crippen LogP contribution in [0.5, 0.6) is 0 Å². The van der Waals surface area contributed by atoms with Crippen LogP contribution in [-0.2, 0) is 13.8 Å². The lowest BCUT2D eigenvalue weighted by molar-refractivity contribution is -0.0581. The molecular formula is C43H76N3O4P. The van der Waals surface area contributed by atoms with E-state index in [0.29, 0.717) is 43.7 Å². The number of hydrogen-bond acceptors (Lipinski definition) is 6. The first-order valence-electron chi connectivity index (χ1n) is 21.2. The summed E-state index contributed by atoms with van der Waals surface area (Å²) >= 11 is 0. The molecule has 1 amide bonds. The van der Waals surface area contributed by atoms with E-state index in [1.165, 1.54) is 51.4 Å². The van der Waals surface area contributed by atoms with Crippen LogP contribution in [0, 0.1) is 57.7 Å². The quantitative estimate of drug-likeness (QED) is 0.0763. The highest BCUT2D eigenvalue weighted by Gasteiger charge is 2.59. The summed E-state index contributed by atoms with van der Waals surface area (Å²) in [6, 6.07) is 2.77. The number of carbonyl (C=O) groups excluding carboxylic acids is 1. The van der Waals surface area contributed by atoms with Gasteiger partial charge in [0.05, 0.1) is 25.7 Å². The third kappa shape index (κ3) is 11.0. The van der Waals surface area contributed by atoms with Gasteiger partial charge in [-0.15, -0.1) is 0 Å². The van der Waals surface area contributed by atoms with Crippen molar-refractivity contribution in [2.24, 2.45) is 46.3 Å². The highest BCUT2D eigenvalue weighted by molar-refractivity contribution is 7.44. The van der Waals surface area contributed by atoms with E-state index >= 15 is 0 Å². The van der Waals surface area contributed by atoms with Crippen LogP contribution in [0.15, 0.2) is 11.6 Å². The second-order valence-electron chi connectivity index (χ2n) is 18.3. The van der Waals surface area contributed by atoms with Gasteiger partial charge in [-0.05, 0) is 132 Å². The van der Waals surface area contributed by atoms with Crippen molar-refractivity contribution < 1.29 is 18.6 Å². The highest BCUT2D eigenvalue weighted by Crippen LogP contribution is 2.67. The number of carbonyl (C=O) groups is 1. The van der Waals surface area contributed by atoms with Crippen molar-refractivity contribution in [3.63, 3.8) is 0 Å². The first-order chi connectivity index (χ1) is 24.3. The summed E-state index contributed by atoms with van der Waals surface area (Å²) in [4.78, 5) is 12.8. The van der Waals surface area contributed by atoms with Crippen LogP contribution in [-0.4, -0.2) is 48.7 Å². The van der Waals surface area contributed by atoms with E-state index in [2.05, 4.69) is 84.4 Å². The van der Waals surface area contributed by atoms with Crippen LogP contribution in [0.3, 0.4) is 0 Å². The summed E-state index contributed by atoms with van der Waals surface area (Å²) in [6.07, 6.45) is 20.8. The minimum Gasteiger partial charge on any atom is -0.446 e. The number of hydrogen-bond donors (Lipinski definition) is 1. The predicted octanol–water partition coefficient (Wildman–Crippen LogP) is 12.0. The Bertz CT molecular complexity index is 1150. The lowest BCUT2D eigenvalue weighted by Crippen LogP contribution is -2.51. The zero-order valence-electron chi connectivity index (χ0n) is 34.2. The lowest BCUT2D eigenvalue weighted by atomic mass is 9.47. The third-order valence-corrected chi connectivity index (χ3v) is 15.8. The van der Waals surface area contributed by atoms with Crippen molar-refractivity contribution in [3.05, 3.63) is 11.6 Å².